The Morgan fingerprint density at radius 1 is 1.48 bits per heavy atom. The number of hydrogen-bond acceptors (Lipinski definition) is 7. The van der Waals surface area contributed by atoms with Crippen molar-refractivity contribution in [3.05, 3.63) is 61.3 Å². The predicted molar refractivity (Wildman–Crippen MR) is 99.5 cm³/mol. The molecular formula is C16H14ClN5O4S. The molecule has 0 bridgehead atoms. The van der Waals surface area contributed by atoms with Gasteiger partial charge in [-0.2, -0.15) is 5.10 Å². The maximum Gasteiger partial charge on any atom is 0.294 e. The first-order valence-corrected chi connectivity index (χ1v) is 8.91. The van der Waals surface area contributed by atoms with Crippen molar-refractivity contribution >= 4 is 34.5 Å². The summed E-state index contributed by atoms with van der Waals surface area (Å²) in [6.45, 7) is 2.15. The lowest BCUT2D eigenvalue weighted by Gasteiger charge is -2.15. The summed E-state index contributed by atoms with van der Waals surface area (Å²) >= 11 is 7.34. The second kappa shape index (κ2) is 7.33. The molecule has 1 N–H and O–H groups in total. The number of aromatic nitrogens is 3. The molecule has 0 aliphatic heterocycles. The maximum atomic E-state index is 12.6. The molecule has 3 aromatic rings. The zero-order valence-corrected chi connectivity index (χ0v) is 15.9. The zero-order valence-electron chi connectivity index (χ0n) is 14.3. The van der Waals surface area contributed by atoms with Crippen LogP contribution in [0.2, 0.25) is 5.02 Å². The van der Waals surface area contributed by atoms with Crippen LogP contribution in [0.1, 0.15) is 21.1 Å². The van der Waals surface area contributed by atoms with E-state index in [-0.39, 0.29) is 27.8 Å². The fraction of sp³-hybridized carbons (Fsp3) is 0.188. The standard InChI is InChI=1S/C16H14ClN5O4S/c1-9-14(27-8-18-9)7-20(2)16(24)15-13(23)6-21(19-15)12-5-10(17)3-4-11(12)22(25)26/h3-6,8,23H,7H2,1-2H3. The first kappa shape index (κ1) is 18.8. The van der Waals surface area contributed by atoms with Gasteiger partial charge in [0.25, 0.3) is 11.6 Å². The number of nitro benzene ring substituents is 1. The number of thiazole rings is 1. The van der Waals surface area contributed by atoms with Crippen LogP contribution in [0.25, 0.3) is 5.69 Å². The summed E-state index contributed by atoms with van der Waals surface area (Å²) in [5.74, 6) is -0.911. The van der Waals surface area contributed by atoms with Crippen LogP contribution in [-0.4, -0.2) is 42.6 Å². The monoisotopic (exact) mass is 407 g/mol. The van der Waals surface area contributed by atoms with E-state index in [4.69, 9.17) is 11.6 Å². The number of hydrogen-bond donors (Lipinski definition) is 1. The fourth-order valence-corrected chi connectivity index (χ4v) is 3.42. The number of amides is 1. The molecule has 3 rings (SSSR count). The molecule has 0 aliphatic rings. The highest BCUT2D eigenvalue weighted by molar-refractivity contribution is 7.09. The molecule has 0 fully saturated rings. The quantitative estimate of drug-likeness (QED) is 0.513. The molecule has 0 unspecified atom stereocenters. The Bertz CT molecular complexity index is 1030. The van der Waals surface area contributed by atoms with Gasteiger partial charge in [-0.05, 0) is 19.1 Å². The zero-order chi connectivity index (χ0) is 19.7. The molecule has 2 heterocycles. The lowest BCUT2D eigenvalue weighted by molar-refractivity contribution is -0.384. The maximum absolute atomic E-state index is 12.6. The average Bonchev–Trinajstić information content (AvgIpc) is 3.19. The van der Waals surface area contributed by atoms with Gasteiger partial charge in [0, 0.05) is 23.0 Å². The molecule has 0 saturated heterocycles. The molecule has 0 spiro atoms. The van der Waals surface area contributed by atoms with E-state index in [1.807, 2.05) is 6.92 Å². The number of rotatable bonds is 5. The van der Waals surface area contributed by atoms with Crippen molar-refractivity contribution in [3.63, 3.8) is 0 Å². The van der Waals surface area contributed by atoms with Crippen molar-refractivity contribution in [2.24, 2.45) is 0 Å². The minimum atomic E-state index is -0.593. The summed E-state index contributed by atoms with van der Waals surface area (Å²) in [5.41, 5.74) is 2.09. The molecule has 1 aromatic carbocycles. The van der Waals surface area contributed by atoms with Crippen molar-refractivity contribution < 1.29 is 14.8 Å². The minimum Gasteiger partial charge on any atom is -0.504 e. The lowest BCUT2D eigenvalue weighted by Crippen LogP contribution is -2.26. The van der Waals surface area contributed by atoms with Crippen LogP contribution in [0.3, 0.4) is 0 Å². The number of aryl methyl sites for hydroxylation is 1. The highest BCUT2D eigenvalue weighted by Gasteiger charge is 2.24. The number of aromatic hydroxyl groups is 1. The summed E-state index contributed by atoms with van der Waals surface area (Å²) in [4.78, 5) is 29.7. The summed E-state index contributed by atoms with van der Waals surface area (Å²) in [6.07, 6.45) is 1.14. The van der Waals surface area contributed by atoms with Gasteiger partial charge in [-0.3, -0.25) is 14.9 Å². The second-order valence-corrected chi connectivity index (χ2v) is 7.10. The van der Waals surface area contributed by atoms with E-state index in [0.717, 1.165) is 21.4 Å². The molecule has 0 radical (unpaired) electrons. The van der Waals surface area contributed by atoms with E-state index in [2.05, 4.69) is 10.1 Å². The van der Waals surface area contributed by atoms with Crippen molar-refractivity contribution in [1.29, 1.82) is 0 Å². The second-order valence-electron chi connectivity index (χ2n) is 5.72. The summed E-state index contributed by atoms with van der Waals surface area (Å²) in [5, 5.41) is 25.7. The van der Waals surface area contributed by atoms with Crippen LogP contribution >= 0.6 is 22.9 Å². The number of nitro groups is 1. The number of benzene rings is 1. The van der Waals surface area contributed by atoms with E-state index in [1.165, 1.54) is 34.4 Å². The number of nitrogens with zero attached hydrogens (tertiary/aromatic N) is 5. The first-order chi connectivity index (χ1) is 12.8. The number of carbonyl (C=O) groups is 1. The third kappa shape index (κ3) is 3.76. The molecule has 2 aromatic heterocycles. The molecular weight excluding hydrogens is 394 g/mol. The molecule has 27 heavy (non-hydrogen) atoms. The van der Waals surface area contributed by atoms with Crippen LogP contribution in [0.4, 0.5) is 5.69 Å². The Labute approximate surface area is 162 Å². The number of halogens is 1. The fourth-order valence-electron chi connectivity index (χ4n) is 2.42. The van der Waals surface area contributed by atoms with Crippen LogP contribution in [0.5, 0.6) is 5.75 Å². The summed E-state index contributed by atoms with van der Waals surface area (Å²) in [6, 6.07) is 3.95. The molecule has 140 valence electrons. The molecule has 0 aliphatic carbocycles. The Kier molecular flexibility index (Phi) is 5.10. The van der Waals surface area contributed by atoms with Gasteiger partial charge >= 0.3 is 0 Å². The van der Waals surface area contributed by atoms with Crippen LogP contribution in [-0.2, 0) is 6.54 Å². The Balaban J connectivity index is 1.93. The van der Waals surface area contributed by atoms with Gasteiger partial charge in [-0.1, -0.05) is 11.6 Å². The summed E-state index contributed by atoms with van der Waals surface area (Å²) in [7, 11) is 1.57. The van der Waals surface area contributed by atoms with Gasteiger partial charge in [-0.25, -0.2) is 9.67 Å². The Hall–Kier alpha value is -2.98. The van der Waals surface area contributed by atoms with E-state index in [1.54, 1.807) is 12.6 Å². The summed E-state index contributed by atoms with van der Waals surface area (Å²) < 4.78 is 1.07. The first-order valence-electron chi connectivity index (χ1n) is 7.65. The SMILES string of the molecule is Cc1ncsc1CN(C)C(=O)c1nn(-c2cc(Cl)ccc2[N+](=O)[O-])cc1O. The largest absolute Gasteiger partial charge is 0.504 e. The minimum absolute atomic E-state index is 0.0443. The molecule has 1 amide bonds. The molecule has 0 saturated carbocycles. The van der Waals surface area contributed by atoms with E-state index >= 15 is 0 Å². The topological polar surface area (TPSA) is 114 Å². The highest BCUT2D eigenvalue weighted by atomic mass is 35.5. The van der Waals surface area contributed by atoms with Gasteiger partial charge < -0.3 is 10.0 Å². The molecule has 9 nitrogen and oxygen atoms in total. The molecule has 0 atom stereocenters. The van der Waals surface area contributed by atoms with E-state index in [9.17, 15) is 20.0 Å². The average molecular weight is 408 g/mol. The van der Waals surface area contributed by atoms with E-state index < -0.39 is 10.8 Å². The van der Waals surface area contributed by atoms with Crippen molar-refractivity contribution in [2.45, 2.75) is 13.5 Å². The Morgan fingerprint density at radius 2 is 2.22 bits per heavy atom. The van der Waals surface area contributed by atoms with Crippen molar-refractivity contribution in [1.82, 2.24) is 19.7 Å². The van der Waals surface area contributed by atoms with Crippen LogP contribution < -0.4 is 0 Å². The van der Waals surface area contributed by atoms with Gasteiger partial charge in [0.05, 0.1) is 28.9 Å². The predicted octanol–water partition coefficient (Wildman–Crippen LogP) is 3.18. The normalized spacial score (nSPS) is 10.8. The third-order valence-electron chi connectivity index (χ3n) is 3.85. The number of carbonyl (C=O) groups excluding carboxylic acids is 1. The van der Waals surface area contributed by atoms with Crippen LogP contribution in [0, 0.1) is 17.0 Å². The van der Waals surface area contributed by atoms with Gasteiger partial charge in [0.15, 0.2) is 11.4 Å². The van der Waals surface area contributed by atoms with E-state index in [0.29, 0.717) is 6.54 Å². The van der Waals surface area contributed by atoms with Crippen molar-refractivity contribution in [2.75, 3.05) is 7.05 Å². The van der Waals surface area contributed by atoms with Crippen molar-refractivity contribution in [3.8, 4) is 11.4 Å². The molecule has 11 heteroatoms. The Morgan fingerprint density at radius 3 is 2.85 bits per heavy atom. The van der Waals surface area contributed by atoms with Gasteiger partial charge in [0.1, 0.15) is 5.69 Å². The lowest BCUT2D eigenvalue weighted by atomic mass is 10.2. The van der Waals surface area contributed by atoms with Gasteiger partial charge in [-0.15, -0.1) is 11.3 Å². The highest BCUT2D eigenvalue weighted by Crippen LogP contribution is 2.28. The van der Waals surface area contributed by atoms with Gasteiger partial charge in [0.2, 0.25) is 0 Å². The van der Waals surface area contributed by atoms with Crippen LogP contribution in [0.15, 0.2) is 29.9 Å². The smallest absolute Gasteiger partial charge is 0.294 e. The third-order valence-corrected chi connectivity index (χ3v) is 5.01.